The lowest BCUT2D eigenvalue weighted by molar-refractivity contribution is -0.129. The number of carbonyl (C=O) groups is 1. The summed E-state index contributed by atoms with van der Waals surface area (Å²) < 4.78 is 5.25. The number of rotatable bonds is 8. The normalized spacial score (nSPS) is 10.3. The molecule has 1 amide bonds. The smallest absolute Gasteiger partial charge is 0.226 e. The third kappa shape index (κ3) is 5.30. The van der Waals surface area contributed by atoms with Crippen molar-refractivity contribution < 1.29 is 9.53 Å². The zero-order valence-electron chi connectivity index (χ0n) is 11.9. The Morgan fingerprint density at radius 1 is 1.26 bits per heavy atom. The second-order valence-electron chi connectivity index (χ2n) is 4.65. The minimum absolute atomic E-state index is 0.122. The topological polar surface area (TPSA) is 55.6 Å². The van der Waals surface area contributed by atoms with Gasteiger partial charge in [-0.15, -0.1) is 0 Å². The first kappa shape index (κ1) is 15.5. The number of unbranched alkanes of at least 4 members (excludes halogenated alkanes) is 2. The van der Waals surface area contributed by atoms with E-state index in [4.69, 9.17) is 10.5 Å². The van der Waals surface area contributed by atoms with E-state index in [1.807, 2.05) is 31.3 Å². The fourth-order valence-electron chi connectivity index (χ4n) is 1.94. The maximum atomic E-state index is 12.1. The van der Waals surface area contributed by atoms with Crippen LogP contribution in [0.1, 0.15) is 24.8 Å². The van der Waals surface area contributed by atoms with Crippen LogP contribution >= 0.6 is 0 Å². The van der Waals surface area contributed by atoms with Crippen molar-refractivity contribution in [2.75, 3.05) is 27.2 Å². The Morgan fingerprint density at radius 3 is 2.68 bits per heavy atom. The number of carbonyl (C=O) groups excluding carboxylic acids is 1. The van der Waals surface area contributed by atoms with Gasteiger partial charge in [-0.05, 0) is 25.5 Å². The Labute approximate surface area is 115 Å². The minimum Gasteiger partial charge on any atom is -0.496 e. The Kier molecular flexibility index (Phi) is 6.97. The molecular weight excluding hydrogens is 240 g/mol. The van der Waals surface area contributed by atoms with E-state index in [1.165, 1.54) is 0 Å². The summed E-state index contributed by atoms with van der Waals surface area (Å²) in [4.78, 5) is 13.9. The second kappa shape index (κ2) is 8.53. The molecule has 0 aliphatic carbocycles. The average Bonchev–Trinajstić information content (AvgIpc) is 2.44. The molecule has 1 rings (SSSR count). The van der Waals surface area contributed by atoms with Crippen LogP contribution in [0.4, 0.5) is 0 Å². The number of hydrogen-bond acceptors (Lipinski definition) is 3. The van der Waals surface area contributed by atoms with Crippen LogP contribution in [-0.4, -0.2) is 38.1 Å². The average molecular weight is 264 g/mol. The van der Waals surface area contributed by atoms with Crippen LogP contribution in [-0.2, 0) is 11.2 Å². The van der Waals surface area contributed by atoms with E-state index < -0.39 is 0 Å². The number of hydrogen-bond donors (Lipinski definition) is 1. The Bertz CT molecular complexity index is 393. The van der Waals surface area contributed by atoms with Crippen molar-refractivity contribution in [3.05, 3.63) is 29.8 Å². The molecule has 106 valence electrons. The van der Waals surface area contributed by atoms with E-state index in [1.54, 1.807) is 12.0 Å². The molecule has 0 unspecified atom stereocenters. The molecule has 19 heavy (non-hydrogen) atoms. The molecule has 4 heteroatoms. The van der Waals surface area contributed by atoms with Gasteiger partial charge in [0.05, 0.1) is 13.5 Å². The van der Waals surface area contributed by atoms with E-state index in [-0.39, 0.29) is 5.91 Å². The number of methoxy groups -OCH3 is 1. The fourth-order valence-corrected chi connectivity index (χ4v) is 1.94. The molecule has 0 radical (unpaired) electrons. The van der Waals surface area contributed by atoms with Gasteiger partial charge in [-0.3, -0.25) is 4.79 Å². The number of likely N-dealkylation sites (N-methyl/N-ethyl adjacent to an activating group) is 1. The molecule has 0 saturated heterocycles. The maximum absolute atomic E-state index is 12.1. The first-order chi connectivity index (χ1) is 9.19. The van der Waals surface area contributed by atoms with Gasteiger partial charge in [0.25, 0.3) is 0 Å². The van der Waals surface area contributed by atoms with Gasteiger partial charge < -0.3 is 15.4 Å². The molecule has 0 aromatic heterocycles. The van der Waals surface area contributed by atoms with Gasteiger partial charge in [0.1, 0.15) is 5.75 Å². The third-order valence-electron chi connectivity index (χ3n) is 3.16. The molecule has 0 atom stereocenters. The van der Waals surface area contributed by atoms with Crippen LogP contribution in [0, 0.1) is 0 Å². The summed E-state index contributed by atoms with van der Waals surface area (Å²) in [5.74, 6) is 0.893. The lowest BCUT2D eigenvalue weighted by atomic mass is 10.1. The lowest BCUT2D eigenvalue weighted by Gasteiger charge is -2.17. The molecule has 1 aromatic rings. The molecule has 0 saturated carbocycles. The Hall–Kier alpha value is -1.55. The summed E-state index contributed by atoms with van der Waals surface area (Å²) in [5.41, 5.74) is 6.38. The predicted octanol–water partition coefficient (Wildman–Crippen LogP) is 1.83. The molecule has 0 spiro atoms. The third-order valence-corrected chi connectivity index (χ3v) is 3.16. The van der Waals surface area contributed by atoms with Crippen molar-refractivity contribution in [3.63, 3.8) is 0 Å². The van der Waals surface area contributed by atoms with E-state index in [9.17, 15) is 4.79 Å². The zero-order valence-corrected chi connectivity index (χ0v) is 11.9. The molecule has 0 heterocycles. The quantitative estimate of drug-likeness (QED) is 0.729. The molecule has 0 aliphatic heterocycles. The highest BCUT2D eigenvalue weighted by atomic mass is 16.5. The van der Waals surface area contributed by atoms with Gasteiger partial charge in [0.15, 0.2) is 0 Å². The van der Waals surface area contributed by atoms with Crippen molar-refractivity contribution in [2.45, 2.75) is 25.7 Å². The number of nitrogens with two attached hydrogens (primary N) is 1. The number of amides is 1. The van der Waals surface area contributed by atoms with Crippen LogP contribution in [0.25, 0.3) is 0 Å². The van der Waals surface area contributed by atoms with Crippen LogP contribution in [0.3, 0.4) is 0 Å². The lowest BCUT2D eigenvalue weighted by Crippen LogP contribution is -2.29. The van der Waals surface area contributed by atoms with Crippen molar-refractivity contribution in [1.82, 2.24) is 4.90 Å². The SMILES string of the molecule is COc1ccccc1CC(=O)N(C)CCCCCN. The summed E-state index contributed by atoms with van der Waals surface area (Å²) in [5, 5.41) is 0. The van der Waals surface area contributed by atoms with E-state index >= 15 is 0 Å². The van der Waals surface area contributed by atoms with E-state index in [0.29, 0.717) is 6.42 Å². The van der Waals surface area contributed by atoms with E-state index in [2.05, 4.69) is 0 Å². The van der Waals surface area contributed by atoms with Crippen molar-refractivity contribution in [2.24, 2.45) is 5.73 Å². The van der Waals surface area contributed by atoms with Crippen molar-refractivity contribution in [1.29, 1.82) is 0 Å². The largest absolute Gasteiger partial charge is 0.496 e. The van der Waals surface area contributed by atoms with Gasteiger partial charge in [-0.2, -0.15) is 0 Å². The molecule has 2 N–H and O–H groups in total. The standard InChI is InChI=1S/C15H24N2O2/c1-17(11-7-3-6-10-16)15(18)12-13-8-4-5-9-14(13)19-2/h4-5,8-9H,3,6-7,10-12,16H2,1-2H3. The van der Waals surface area contributed by atoms with E-state index in [0.717, 1.165) is 43.7 Å². The van der Waals surface area contributed by atoms with Crippen LogP contribution in [0.2, 0.25) is 0 Å². The second-order valence-corrected chi connectivity index (χ2v) is 4.65. The van der Waals surface area contributed by atoms with Crippen molar-refractivity contribution in [3.8, 4) is 5.75 Å². The van der Waals surface area contributed by atoms with Gasteiger partial charge >= 0.3 is 0 Å². The molecule has 0 aliphatic rings. The van der Waals surface area contributed by atoms with Crippen LogP contribution < -0.4 is 10.5 Å². The van der Waals surface area contributed by atoms with Gasteiger partial charge in [-0.25, -0.2) is 0 Å². The first-order valence-corrected chi connectivity index (χ1v) is 6.75. The first-order valence-electron chi connectivity index (χ1n) is 6.75. The highest BCUT2D eigenvalue weighted by Crippen LogP contribution is 2.18. The number of nitrogens with zero attached hydrogens (tertiary/aromatic N) is 1. The number of ether oxygens (including phenoxy) is 1. The fraction of sp³-hybridized carbons (Fsp3) is 0.533. The monoisotopic (exact) mass is 264 g/mol. The number of para-hydroxylation sites is 1. The summed E-state index contributed by atoms with van der Waals surface area (Å²) in [6.45, 7) is 1.51. The van der Waals surface area contributed by atoms with Crippen LogP contribution in [0.15, 0.2) is 24.3 Å². The van der Waals surface area contributed by atoms with Crippen LogP contribution in [0.5, 0.6) is 5.75 Å². The predicted molar refractivity (Wildman–Crippen MR) is 77.2 cm³/mol. The van der Waals surface area contributed by atoms with Gasteiger partial charge in [0.2, 0.25) is 5.91 Å². The Balaban J connectivity index is 2.45. The summed E-state index contributed by atoms with van der Waals surface area (Å²) in [6.07, 6.45) is 3.49. The molecule has 0 fully saturated rings. The highest BCUT2D eigenvalue weighted by Gasteiger charge is 2.12. The van der Waals surface area contributed by atoms with Gasteiger partial charge in [-0.1, -0.05) is 24.6 Å². The zero-order chi connectivity index (χ0) is 14.1. The Morgan fingerprint density at radius 2 is 2.00 bits per heavy atom. The molecule has 0 bridgehead atoms. The summed E-state index contributed by atoms with van der Waals surface area (Å²) >= 11 is 0. The summed E-state index contributed by atoms with van der Waals surface area (Å²) in [6, 6.07) is 7.64. The highest BCUT2D eigenvalue weighted by molar-refractivity contribution is 5.79. The number of benzene rings is 1. The molecule has 4 nitrogen and oxygen atoms in total. The minimum atomic E-state index is 0.122. The van der Waals surface area contributed by atoms with Gasteiger partial charge in [0, 0.05) is 19.2 Å². The summed E-state index contributed by atoms with van der Waals surface area (Å²) in [7, 11) is 3.47. The molecular formula is C15H24N2O2. The molecule has 1 aromatic carbocycles. The maximum Gasteiger partial charge on any atom is 0.226 e. The van der Waals surface area contributed by atoms with Crippen molar-refractivity contribution >= 4 is 5.91 Å².